The van der Waals surface area contributed by atoms with E-state index in [1.807, 2.05) is 45.0 Å². The second kappa shape index (κ2) is 13.8. The van der Waals surface area contributed by atoms with E-state index in [4.69, 9.17) is 0 Å². The molecule has 1 N–H and O–H groups in total. The van der Waals surface area contributed by atoms with Crippen molar-refractivity contribution in [2.24, 2.45) is 0 Å². The van der Waals surface area contributed by atoms with Gasteiger partial charge in [0.05, 0.1) is 10.6 Å². The van der Waals surface area contributed by atoms with E-state index >= 15 is 0 Å². The monoisotopic (exact) mass is 535 g/mol. The number of carbonyl (C=O) groups is 2. The van der Waals surface area contributed by atoms with Gasteiger partial charge in [0.25, 0.3) is 10.0 Å². The van der Waals surface area contributed by atoms with E-state index < -0.39 is 28.5 Å². The maximum atomic E-state index is 14.0. The first-order valence-corrected chi connectivity index (χ1v) is 14.5. The van der Waals surface area contributed by atoms with Gasteiger partial charge in [-0.1, -0.05) is 86.5 Å². The maximum Gasteiger partial charge on any atom is 0.264 e. The number of aryl methyl sites for hydroxylation is 1. The number of sulfonamides is 1. The summed E-state index contributed by atoms with van der Waals surface area (Å²) in [5, 5.41) is 2.94. The number of anilines is 1. The van der Waals surface area contributed by atoms with Gasteiger partial charge in [0.1, 0.15) is 12.6 Å². The minimum absolute atomic E-state index is 0.0891. The molecule has 0 unspecified atom stereocenters. The summed E-state index contributed by atoms with van der Waals surface area (Å²) < 4.78 is 28.6. The van der Waals surface area contributed by atoms with Crippen LogP contribution < -0.4 is 9.62 Å². The van der Waals surface area contributed by atoms with Crippen LogP contribution in [0.3, 0.4) is 0 Å². The van der Waals surface area contributed by atoms with E-state index in [9.17, 15) is 18.0 Å². The van der Waals surface area contributed by atoms with Crippen LogP contribution in [0.15, 0.2) is 89.8 Å². The van der Waals surface area contributed by atoms with Crippen LogP contribution in [-0.2, 0) is 26.2 Å². The molecule has 2 amide bonds. The predicted molar refractivity (Wildman–Crippen MR) is 151 cm³/mol. The third-order valence-corrected chi connectivity index (χ3v) is 8.09. The lowest BCUT2D eigenvalue weighted by atomic mass is 10.1. The largest absolute Gasteiger partial charge is 0.354 e. The lowest BCUT2D eigenvalue weighted by Crippen LogP contribution is -2.52. The number of benzene rings is 3. The van der Waals surface area contributed by atoms with Crippen LogP contribution in [0.4, 0.5) is 5.69 Å². The van der Waals surface area contributed by atoms with Crippen LogP contribution in [0.2, 0.25) is 0 Å². The topological polar surface area (TPSA) is 86.8 Å². The molecule has 3 aromatic carbocycles. The third-order valence-electron chi connectivity index (χ3n) is 6.31. The third kappa shape index (κ3) is 7.44. The van der Waals surface area contributed by atoms with Crippen molar-refractivity contribution < 1.29 is 18.0 Å². The average Bonchev–Trinajstić information content (AvgIpc) is 2.92. The molecule has 3 rings (SSSR count). The van der Waals surface area contributed by atoms with Gasteiger partial charge < -0.3 is 10.2 Å². The number of nitrogens with one attached hydrogen (secondary N) is 1. The van der Waals surface area contributed by atoms with Crippen molar-refractivity contribution in [3.8, 4) is 0 Å². The first kappa shape index (κ1) is 28.9. The summed E-state index contributed by atoms with van der Waals surface area (Å²) in [6.45, 7) is 6.14. The highest BCUT2D eigenvalue weighted by Crippen LogP contribution is 2.24. The number of rotatable bonds is 13. The first-order valence-electron chi connectivity index (χ1n) is 13.0. The molecule has 202 valence electrons. The van der Waals surface area contributed by atoms with Gasteiger partial charge in [-0.05, 0) is 49.6 Å². The number of carbonyl (C=O) groups excluding carboxylic acids is 2. The number of unbranched alkanes of at least 4 members (excludes halogenated alkanes) is 1. The molecule has 0 radical (unpaired) electrons. The molecule has 0 aromatic heterocycles. The molecule has 0 bridgehead atoms. The second-order valence-corrected chi connectivity index (χ2v) is 11.1. The highest BCUT2D eigenvalue weighted by molar-refractivity contribution is 7.92. The summed E-state index contributed by atoms with van der Waals surface area (Å²) in [6.07, 6.45) is 2.17. The van der Waals surface area contributed by atoms with E-state index in [1.165, 1.54) is 17.0 Å². The standard InChI is InChI=1S/C30H37N3O4S/c1-4-6-20-31-30(35)28(5-2)32(22-25-15-13-14-24(3)21-25)29(34)23-33(26-16-9-7-10-17-26)38(36,37)27-18-11-8-12-19-27/h7-19,21,28H,4-6,20,22-23H2,1-3H3,(H,31,35)/t28-/m0/s1. The fourth-order valence-electron chi connectivity index (χ4n) is 4.28. The van der Waals surface area contributed by atoms with E-state index in [1.54, 1.807) is 48.5 Å². The molecule has 8 heteroatoms. The molecule has 0 saturated heterocycles. The number of hydrogen-bond donors (Lipinski definition) is 1. The van der Waals surface area contributed by atoms with E-state index in [0.717, 1.165) is 28.3 Å². The molecule has 0 aliphatic carbocycles. The second-order valence-electron chi connectivity index (χ2n) is 9.24. The quantitative estimate of drug-likeness (QED) is 0.315. The van der Waals surface area contributed by atoms with Gasteiger partial charge in [0, 0.05) is 13.1 Å². The Bertz CT molecular complexity index is 1300. The molecular formula is C30H37N3O4S. The van der Waals surface area contributed by atoms with Crippen LogP contribution >= 0.6 is 0 Å². The summed E-state index contributed by atoms with van der Waals surface area (Å²) in [5.74, 6) is -0.688. The van der Waals surface area contributed by atoms with E-state index in [-0.39, 0.29) is 17.3 Å². The van der Waals surface area contributed by atoms with Crippen molar-refractivity contribution in [1.29, 1.82) is 0 Å². The van der Waals surface area contributed by atoms with Crippen molar-refractivity contribution in [2.75, 3.05) is 17.4 Å². The smallest absolute Gasteiger partial charge is 0.264 e. The van der Waals surface area contributed by atoms with E-state index in [0.29, 0.717) is 18.7 Å². The normalized spacial score (nSPS) is 12.0. The Morgan fingerprint density at radius 1 is 0.895 bits per heavy atom. The number of amides is 2. The number of nitrogens with zero attached hydrogens (tertiary/aromatic N) is 2. The van der Waals surface area contributed by atoms with Gasteiger partial charge >= 0.3 is 0 Å². The molecule has 0 fully saturated rings. The fraction of sp³-hybridized carbons (Fsp3) is 0.333. The molecule has 0 aliphatic heterocycles. The zero-order valence-corrected chi connectivity index (χ0v) is 23.2. The average molecular weight is 536 g/mol. The summed E-state index contributed by atoms with van der Waals surface area (Å²) in [4.78, 5) is 28.8. The molecule has 38 heavy (non-hydrogen) atoms. The SMILES string of the molecule is CCCCNC(=O)[C@H](CC)N(Cc1cccc(C)c1)C(=O)CN(c1ccccc1)S(=O)(=O)c1ccccc1. The minimum atomic E-state index is -4.05. The van der Waals surface area contributed by atoms with Gasteiger partial charge in [-0.2, -0.15) is 0 Å². The zero-order valence-electron chi connectivity index (χ0n) is 22.3. The highest BCUT2D eigenvalue weighted by Gasteiger charge is 2.33. The highest BCUT2D eigenvalue weighted by atomic mass is 32.2. The Balaban J connectivity index is 2.00. The molecule has 3 aromatic rings. The van der Waals surface area contributed by atoms with Gasteiger partial charge in [0.2, 0.25) is 11.8 Å². The van der Waals surface area contributed by atoms with Crippen molar-refractivity contribution in [2.45, 2.75) is 57.5 Å². The number of para-hydroxylation sites is 1. The lowest BCUT2D eigenvalue weighted by molar-refractivity contribution is -0.140. The molecule has 7 nitrogen and oxygen atoms in total. The molecule has 1 atom stereocenters. The van der Waals surface area contributed by atoms with Crippen LogP contribution in [0, 0.1) is 6.92 Å². The maximum absolute atomic E-state index is 14.0. The molecule has 0 aliphatic rings. The van der Waals surface area contributed by atoms with E-state index in [2.05, 4.69) is 5.32 Å². The van der Waals surface area contributed by atoms with Gasteiger partial charge in [-0.3, -0.25) is 13.9 Å². The minimum Gasteiger partial charge on any atom is -0.354 e. The first-order chi connectivity index (χ1) is 18.3. The molecule has 0 saturated carbocycles. The lowest BCUT2D eigenvalue weighted by Gasteiger charge is -2.33. The van der Waals surface area contributed by atoms with Crippen LogP contribution in [0.1, 0.15) is 44.2 Å². The molecular weight excluding hydrogens is 498 g/mol. The van der Waals surface area contributed by atoms with Crippen molar-refractivity contribution >= 4 is 27.5 Å². The van der Waals surface area contributed by atoms with Crippen LogP contribution in [0.25, 0.3) is 0 Å². The predicted octanol–water partition coefficient (Wildman–Crippen LogP) is 4.91. The Morgan fingerprint density at radius 3 is 2.16 bits per heavy atom. The van der Waals surface area contributed by atoms with Gasteiger partial charge in [-0.15, -0.1) is 0 Å². The number of hydrogen-bond acceptors (Lipinski definition) is 4. The summed E-state index contributed by atoms with van der Waals surface area (Å²) in [5.41, 5.74) is 2.28. The van der Waals surface area contributed by atoms with Crippen molar-refractivity contribution in [3.05, 3.63) is 96.1 Å². The Labute approximate surface area is 226 Å². The van der Waals surface area contributed by atoms with Crippen LogP contribution in [0.5, 0.6) is 0 Å². The summed E-state index contributed by atoms with van der Waals surface area (Å²) in [7, 11) is -4.05. The molecule has 0 heterocycles. The molecule has 0 spiro atoms. The van der Waals surface area contributed by atoms with Crippen molar-refractivity contribution in [3.63, 3.8) is 0 Å². The van der Waals surface area contributed by atoms with Crippen LogP contribution in [-0.4, -0.2) is 44.3 Å². The fourth-order valence-corrected chi connectivity index (χ4v) is 5.71. The summed E-state index contributed by atoms with van der Waals surface area (Å²) in [6, 6.07) is 23.6. The zero-order chi connectivity index (χ0) is 27.5. The Morgan fingerprint density at radius 2 is 1.55 bits per heavy atom. The van der Waals surface area contributed by atoms with Crippen molar-refractivity contribution in [1.82, 2.24) is 10.2 Å². The Hall–Kier alpha value is -3.65. The van der Waals surface area contributed by atoms with Gasteiger partial charge in [0.15, 0.2) is 0 Å². The van der Waals surface area contributed by atoms with Gasteiger partial charge in [-0.25, -0.2) is 8.42 Å². The summed E-state index contributed by atoms with van der Waals surface area (Å²) >= 11 is 0. The Kier molecular flexibility index (Phi) is 10.5.